The van der Waals surface area contributed by atoms with Crippen LogP contribution in [0.5, 0.6) is 5.75 Å². The molecule has 2 aromatic carbocycles. The van der Waals surface area contributed by atoms with Crippen LogP contribution >= 0.6 is 23.2 Å². The van der Waals surface area contributed by atoms with Crippen molar-refractivity contribution in [2.24, 2.45) is 0 Å². The van der Waals surface area contributed by atoms with Gasteiger partial charge >= 0.3 is 0 Å². The van der Waals surface area contributed by atoms with Crippen LogP contribution in [-0.4, -0.2) is 13.0 Å². The lowest BCUT2D eigenvalue weighted by molar-refractivity contribution is 0.102. The highest BCUT2D eigenvalue weighted by Gasteiger charge is 2.15. The van der Waals surface area contributed by atoms with Crippen molar-refractivity contribution in [3.63, 3.8) is 0 Å². The minimum absolute atomic E-state index is 0.000401. The fraction of sp³-hybridized carbons (Fsp3) is 0.0714. The number of benzene rings is 2. The number of ether oxygens (including phenoxy) is 1. The van der Waals surface area contributed by atoms with E-state index in [-0.39, 0.29) is 27.0 Å². The Morgan fingerprint density at radius 3 is 2.38 bits per heavy atom. The molecule has 0 atom stereocenters. The molecule has 0 bridgehead atoms. The SMILES string of the molecule is COc1ccc(C(=O)Nc2c(Cl)cc(F)cc2Cl)c(N)c1. The van der Waals surface area contributed by atoms with Gasteiger partial charge in [0.05, 0.1) is 28.4 Å². The van der Waals surface area contributed by atoms with Crippen LogP contribution in [0, 0.1) is 5.82 Å². The Labute approximate surface area is 130 Å². The van der Waals surface area contributed by atoms with Gasteiger partial charge in [-0.2, -0.15) is 0 Å². The number of amides is 1. The monoisotopic (exact) mass is 328 g/mol. The number of carbonyl (C=O) groups excluding carboxylic acids is 1. The molecule has 110 valence electrons. The summed E-state index contributed by atoms with van der Waals surface area (Å²) in [5, 5.41) is 2.51. The maximum Gasteiger partial charge on any atom is 0.257 e. The lowest BCUT2D eigenvalue weighted by Gasteiger charge is -2.11. The van der Waals surface area contributed by atoms with E-state index in [0.29, 0.717) is 5.75 Å². The van der Waals surface area contributed by atoms with Gasteiger partial charge in [0.1, 0.15) is 11.6 Å². The van der Waals surface area contributed by atoms with Gasteiger partial charge in [0.2, 0.25) is 0 Å². The Morgan fingerprint density at radius 2 is 1.86 bits per heavy atom. The van der Waals surface area contributed by atoms with E-state index in [0.717, 1.165) is 12.1 Å². The molecule has 1 amide bonds. The second-order valence-electron chi connectivity index (χ2n) is 4.15. The summed E-state index contributed by atoms with van der Waals surface area (Å²) in [4.78, 5) is 12.2. The first kappa shape index (κ1) is 15.4. The van der Waals surface area contributed by atoms with Crippen molar-refractivity contribution in [3.05, 3.63) is 51.8 Å². The smallest absolute Gasteiger partial charge is 0.257 e. The van der Waals surface area contributed by atoms with E-state index in [1.54, 1.807) is 6.07 Å². The Morgan fingerprint density at radius 1 is 1.24 bits per heavy atom. The predicted octanol–water partition coefficient (Wildman–Crippen LogP) is 3.98. The summed E-state index contributed by atoms with van der Waals surface area (Å²) >= 11 is 11.7. The number of hydrogen-bond acceptors (Lipinski definition) is 3. The normalized spacial score (nSPS) is 10.3. The maximum atomic E-state index is 13.1. The largest absolute Gasteiger partial charge is 0.497 e. The Bertz CT molecular complexity index is 684. The first-order chi connectivity index (χ1) is 9.92. The molecule has 2 aromatic rings. The lowest BCUT2D eigenvalue weighted by Crippen LogP contribution is -2.14. The third-order valence-electron chi connectivity index (χ3n) is 2.75. The third-order valence-corrected chi connectivity index (χ3v) is 3.34. The summed E-state index contributed by atoms with van der Waals surface area (Å²) in [6, 6.07) is 6.73. The molecule has 0 spiro atoms. The minimum Gasteiger partial charge on any atom is -0.497 e. The summed E-state index contributed by atoms with van der Waals surface area (Å²) < 4.78 is 18.1. The van der Waals surface area contributed by atoms with Crippen LogP contribution in [-0.2, 0) is 0 Å². The van der Waals surface area contributed by atoms with Crippen molar-refractivity contribution in [2.45, 2.75) is 0 Å². The van der Waals surface area contributed by atoms with E-state index in [9.17, 15) is 9.18 Å². The summed E-state index contributed by atoms with van der Waals surface area (Å²) in [6.07, 6.45) is 0. The molecule has 0 saturated heterocycles. The quantitative estimate of drug-likeness (QED) is 0.837. The van der Waals surface area contributed by atoms with E-state index in [1.165, 1.54) is 19.2 Å². The number of nitrogen functional groups attached to an aromatic ring is 1. The van der Waals surface area contributed by atoms with Gasteiger partial charge in [-0.15, -0.1) is 0 Å². The third kappa shape index (κ3) is 3.37. The van der Waals surface area contributed by atoms with Crippen LogP contribution in [0.2, 0.25) is 10.0 Å². The number of nitrogens with one attached hydrogen (secondary N) is 1. The Hall–Kier alpha value is -1.98. The standard InChI is InChI=1S/C14H11Cl2FN2O2/c1-21-8-2-3-9(12(18)6-8)14(20)19-13-10(15)4-7(17)5-11(13)16/h2-6H,18H2,1H3,(H,19,20). The highest BCUT2D eigenvalue weighted by Crippen LogP contribution is 2.32. The van der Waals surface area contributed by atoms with Gasteiger partial charge in [-0.1, -0.05) is 23.2 Å². The molecule has 21 heavy (non-hydrogen) atoms. The van der Waals surface area contributed by atoms with E-state index in [2.05, 4.69) is 5.32 Å². The van der Waals surface area contributed by atoms with Crippen LogP contribution in [0.25, 0.3) is 0 Å². The van der Waals surface area contributed by atoms with Crippen molar-refractivity contribution in [2.75, 3.05) is 18.2 Å². The molecule has 0 saturated carbocycles. The summed E-state index contributed by atoms with van der Waals surface area (Å²) in [7, 11) is 1.49. The molecule has 0 aliphatic rings. The molecule has 0 heterocycles. The van der Waals surface area contributed by atoms with Gasteiger partial charge in [-0.3, -0.25) is 4.79 Å². The number of methoxy groups -OCH3 is 1. The molecule has 0 aliphatic carbocycles. The van der Waals surface area contributed by atoms with Crippen LogP contribution in [0.1, 0.15) is 10.4 Å². The number of carbonyl (C=O) groups is 1. The van der Waals surface area contributed by atoms with E-state index >= 15 is 0 Å². The first-order valence-corrected chi connectivity index (χ1v) is 6.57. The van der Waals surface area contributed by atoms with Crippen molar-refractivity contribution in [1.82, 2.24) is 0 Å². The van der Waals surface area contributed by atoms with Gasteiger partial charge in [-0.05, 0) is 24.3 Å². The highest BCUT2D eigenvalue weighted by atomic mass is 35.5. The second kappa shape index (κ2) is 6.20. The molecule has 7 heteroatoms. The highest BCUT2D eigenvalue weighted by molar-refractivity contribution is 6.40. The Balaban J connectivity index is 2.30. The molecule has 4 nitrogen and oxygen atoms in total. The molecule has 3 N–H and O–H groups in total. The number of hydrogen-bond donors (Lipinski definition) is 2. The fourth-order valence-corrected chi connectivity index (χ4v) is 2.27. The molecule has 0 fully saturated rings. The molecular formula is C14H11Cl2FN2O2. The van der Waals surface area contributed by atoms with Crippen LogP contribution < -0.4 is 15.8 Å². The molecule has 0 aromatic heterocycles. The van der Waals surface area contributed by atoms with Gasteiger partial charge in [-0.25, -0.2) is 4.39 Å². The van der Waals surface area contributed by atoms with Crippen molar-refractivity contribution < 1.29 is 13.9 Å². The van der Waals surface area contributed by atoms with Crippen molar-refractivity contribution >= 4 is 40.5 Å². The summed E-state index contributed by atoms with van der Waals surface area (Å²) in [6.45, 7) is 0. The first-order valence-electron chi connectivity index (χ1n) is 5.81. The van der Waals surface area contributed by atoms with Crippen LogP contribution in [0.4, 0.5) is 15.8 Å². The number of rotatable bonds is 3. The van der Waals surface area contributed by atoms with Crippen LogP contribution in [0.3, 0.4) is 0 Å². The topological polar surface area (TPSA) is 64.3 Å². The maximum absolute atomic E-state index is 13.1. The van der Waals surface area contributed by atoms with Crippen molar-refractivity contribution in [3.8, 4) is 5.75 Å². The molecule has 0 unspecified atom stereocenters. The van der Waals surface area contributed by atoms with E-state index in [4.69, 9.17) is 33.7 Å². The number of nitrogens with two attached hydrogens (primary N) is 1. The lowest BCUT2D eigenvalue weighted by atomic mass is 10.1. The summed E-state index contributed by atoms with van der Waals surface area (Å²) in [5.74, 6) is -0.570. The molecule has 0 radical (unpaired) electrons. The van der Waals surface area contributed by atoms with Crippen LogP contribution in [0.15, 0.2) is 30.3 Å². The molecule has 2 rings (SSSR count). The van der Waals surface area contributed by atoms with E-state index in [1.807, 2.05) is 0 Å². The molecule has 0 aliphatic heterocycles. The predicted molar refractivity (Wildman–Crippen MR) is 81.8 cm³/mol. The number of anilines is 2. The van der Waals surface area contributed by atoms with Gasteiger partial charge in [0, 0.05) is 11.8 Å². The van der Waals surface area contributed by atoms with Gasteiger partial charge in [0.15, 0.2) is 0 Å². The average Bonchev–Trinajstić information content (AvgIpc) is 2.42. The number of halogens is 3. The average molecular weight is 329 g/mol. The second-order valence-corrected chi connectivity index (χ2v) is 4.97. The van der Waals surface area contributed by atoms with Gasteiger partial charge in [0.25, 0.3) is 5.91 Å². The Kier molecular flexibility index (Phi) is 4.55. The minimum atomic E-state index is -0.591. The van der Waals surface area contributed by atoms with Gasteiger partial charge < -0.3 is 15.8 Å². The fourth-order valence-electron chi connectivity index (χ4n) is 1.72. The van der Waals surface area contributed by atoms with Crippen molar-refractivity contribution in [1.29, 1.82) is 0 Å². The zero-order chi connectivity index (χ0) is 15.6. The molecular weight excluding hydrogens is 318 g/mol. The van der Waals surface area contributed by atoms with E-state index < -0.39 is 11.7 Å². The zero-order valence-electron chi connectivity index (χ0n) is 10.9. The summed E-state index contributed by atoms with van der Waals surface area (Å²) in [5.41, 5.74) is 6.38. The zero-order valence-corrected chi connectivity index (χ0v) is 12.4.